The molecule has 0 fully saturated rings. The van der Waals surface area contributed by atoms with Gasteiger partial charge in [-0.15, -0.1) is 11.8 Å². The summed E-state index contributed by atoms with van der Waals surface area (Å²) >= 11 is 4.33. The van der Waals surface area contributed by atoms with Crippen LogP contribution in [0.15, 0.2) is 30.3 Å². The molecule has 0 bridgehead atoms. The normalized spacial score (nSPS) is 9.70. The Morgan fingerprint density at radius 3 is 2.50 bits per heavy atom. The van der Waals surface area contributed by atoms with Crippen LogP contribution in [-0.4, -0.2) is 3.76 Å². The lowest BCUT2D eigenvalue weighted by Crippen LogP contribution is -1.76. The van der Waals surface area contributed by atoms with Crippen molar-refractivity contribution < 1.29 is 0 Å². The van der Waals surface area contributed by atoms with Gasteiger partial charge in [0.2, 0.25) is 0 Å². The summed E-state index contributed by atoms with van der Waals surface area (Å²) in [7, 11) is 0. The highest BCUT2D eigenvalue weighted by atomic mass is 127. The number of benzene rings is 1. The molecule has 0 nitrogen and oxygen atoms in total. The van der Waals surface area contributed by atoms with Crippen molar-refractivity contribution in [2.45, 2.75) is 5.75 Å². The maximum absolute atomic E-state index is 2.38. The lowest BCUT2D eigenvalue weighted by molar-refractivity contribution is 1.42. The molecule has 1 aromatic rings. The lowest BCUT2D eigenvalue weighted by Gasteiger charge is -1.95. The quantitative estimate of drug-likeness (QED) is 0.596. The molecule has 1 rings (SSSR count). The van der Waals surface area contributed by atoms with Gasteiger partial charge in [0.1, 0.15) is 0 Å². The molecule has 0 radical (unpaired) electrons. The van der Waals surface area contributed by atoms with Crippen molar-refractivity contribution in [3.05, 3.63) is 35.9 Å². The average Bonchev–Trinajstić information content (AvgIpc) is 2.03. The summed E-state index contributed by atoms with van der Waals surface area (Å²) in [6.07, 6.45) is 0. The van der Waals surface area contributed by atoms with Crippen LogP contribution in [0.3, 0.4) is 0 Å². The Kier molecular flexibility index (Phi) is 4.21. The molecular formula is C8H9IS. The minimum Gasteiger partial charge on any atom is -0.147 e. The van der Waals surface area contributed by atoms with E-state index in [4.69, 9.17) is 0 Å². The minimum atomic E-state index is 1.14. The van der Waals surface area contributed by atoms with Crippen molar-refractivity contribution in [1.29, 1.82) is 0 Å². The van der Waals surface area contributed by atoms with Gasteiger partial charge in [-0.05, 0) is 5.56 Å². The van der Waals surface area contributed by atoms with Crippen LogP contribution in [0.4, 0.5) is 0 Å². The molecule has 0 aliphatic rings. The smallest absolute Gasteiger partial charge is 0.0457 e. The van der Waals surface area contributed by atoms with Gasteiger partial charge in [-0.3, -0.25) is 0 Å². The van der Waals surface area contributed by atoms with Gasteiger partial charge in [-0.25, -0.2) is 0 Å². The fourth-order valence-electron chi connectivity index (χ4n) is 0.731. The molecular weight excluding hydrogens is 255 g/mol. The maximum Gasteiger partial charge on any atom is 0.0457 e. The van der Waals surface area contributed by atoms with E-state index in [0.717, 1.165) is 5.75 Å². The second-order valence-corrected chi connectivity index (χ2v) is 4.73. The van der Waals surface area contributed by atoms with Crippen LogP contribution < -0.4 is 0 Å². The van der Waals surface area contributed by atoms with Gasteiger partial charge in [-0.1, -0.05) is 52.9 Å². The van der Waals surface area contributed by atoms with E-state index in [-0.39, 0.29) is 0 Å². The van der Waals surface area contributed by atoms with E-state index >= 15 is 0 Å². The number of hydrogen-bond acceptors (Lipinski definition) is 1. The topological polar surface area (TPSA) is 0 Å². The van der Waals surface area contributed by atoms with Gasteiger partial charge in [-0.2, -0.15) is 0 Å². The zero-order valence-corrected chi connectivity index (χ0v) is 8.56. The van der Waals surface area contributed by atoms with Crippen LogP contribution in [0.25, 0.3) is 0 Å². The molecule has 54 valence electrons. The van der Waals surface area contributed by atoms with Crippen molar-refractivity contribution in [3.63, 3.8) is 0 Å². The van der Waals surface area contributed by atoms with E-state index in [2.05, 4.69) is 52.9 Å². The zero-order valence-electron chi connectivity index (χ0n) is 5.59. The van der Waals surface area contributed by atoms with Crippen LogP contribution >= 0.6 is 34.4 Å². The Morgan fingerprint density at radius 2 is 1.90 bits per heavy atom. The van der Waals surface area contributed by atoms with Crippen LogP contribution in [0.1, 0.15) is 5.56 Å². The third kappa shape index (κ3) is 2.92. The molecule has 0 unspecified atom stereocenters. The number of rotatable bonds is 3. The van der Waals surface area contributed by atoms with Crippen molar-refractivity contribution in [2.24, 2.45) is 0 Å². The monoisotopic (exact) mass is 264 g/mol. The van der Waals surface area contributed by atoms with Gasteiger partial charge < -0.3 is 0 Å². The van der Waals surface area contributed by atoms with Gasteiger partial charge >= 0.3 is 0 Å². The van der Waals surface area contributed by atoms with E-state index in [9.17, 15) is 0 Å². The first-order chi connectivity index (χ1) is 4.93. The first-order valence-electron chi connectivity index (χ1n) is 3.11. The predicted octanol–water partition coefficient (Wildman–Crippen LogP) is 3.31. The Hall–Kier alpha value is 0.300. The third-order valence-electron chi connectivity index (χ3n) is 1.19. The Labute approximate surface area is 79.5 Å². The molecule has 0 saturated heterocycles. The minimum absolute atomic E-state index is 1.14. The van der Waals surface area contributed by atoms with Crippen molar-refractivity contribution in [3.8, 4) is 0 Å². The second kappa shape index (κ2) is 5.02. The summed E-state index contributed by atoms with van der Waals surface area (Å²) in [5.41, 5.74) is 1.42. The van der Waals surface area contributed by atoms with Crippen LogP contribution in [-0.2, 0) is 5.75 Å². The third-order valence-corrected chi connectivity index (χ3v) is 3.20. The highest BCUT2D eigenvalue weighted by molar-refractivity contribution is 14.1. The number of alkyl halides is 1. The van der Waals surface area contributed by atoms with Gasteiger partial charge in [0.15, 0.2) is 0 Å². The number of thioether (sulfide) groups is 1. The van der Waals surface area contributed by atoms with E-state index in [0.29, 0.717) is 0 Å². The molecule has 1 aromatic carbocycles. The predicted molar refractivity (Wildman–Crippen MR) is 56.6 cm³/mol. The molecule has 0 atom stereocenters. The number of hydrogen-bond donors (Lipinski definition) is 0. The van der Waals surface area contributed by atoms with E-state index in [1.165, 1.54) is 9.32 Å². The van der Waals surface area contributed by atoms with Crippen molar-refractivity contribution in [2.75, 3.05) is 3.76 Å². The van der Waals surface area contributed by atoms with Gasteiger partial charge in [0, 0.05) is 9.51 Å². The maximum atomic E-state index is 2.38. The zero-order chi connectivity index (χ0) is 7.23. The Balaban J connectivity index is 2.43. The fraction of sp³-hybridized carbons (Fsp3) is 0.250. The van der Waals surface area contributed by atoms with E-state index in [1.807, 2.05) is 11.8 Å². The first-order valence-corrected chi connectivity index (χ1v) is 5.79. The summed E-state index contributed by atoms with van der Waals surface area (Å²) in [4.78, 5) is 0. The summed E-state index contributed by atoms with van der Waals surface area (Å²) < 4.78 is 1.17. The molecule has 10 heavy (non-hydrogen) atoms. The summed E-state index contributed by atoms with van der Waals surface area (Å²) in [5.74, 6) is 1.14. The van der Waals surface area contributed by atoms with Gasteiger partial charge in [0.25, 0.3) is 0 Å². The molecule has 0 spiro atoms. The summed E-state index contributed by atoms with van der Waals surface area (Å²) in [6, 6.07) is 10.6. The molecule has 2 heteroatoms. The first kappa shape index (κ1) is 8.40. The highest BCUT2D eigenvalue weighted by Crippen LogP contribution is 2.13. The Bertz CT molecular complexity index is 174. The van der Waals surface area contributed by atoms with Crippen LogP contribution in [0, 0.1) is 0 Å². The SMILES string of the molecule is ICSCc1ccccc1. The number of halogens is 1. The van der Waals surface area contributed by atoms with Gasteiger partial charge in [0.05, 0.1) is 0 Å². The molecule has 0 amide bonds. The summed E-state index contributed by atoms with van der Waals surface area (Å²) in [5, 5.41) is 0. The molecule has 0 aromatic heterocycles. The second-order valence-electron chi connectivity index (χ2n) is 1.94. The van der Waals surface area contributed by atoms with Crippen molar-refractivity contribution in [1.82, 2.24) is 0 Å². The average molecular weight is 264 g/mol. The molecule has 0 aliphatic carbocycles. The summed E-state index contributed by atoms with van der Waals surface area (Å²) in [6.45, 7) is 0. The fourth-order valence-corrected chi connectivity index (χ4v) is 1.90. The molecule has 0 heterocycles. The van der Waals surface area contributed by atoms with Crippen LogP contribution in [0.2, 0.25) is 0 Å². The highest BCUT2D eigenvalue weighted by Gasteiger charge is 1.88. The van der Waals surface area contributed by atoms with E-state index in [1.54, 1.807) is 0 Å². The standard InChI is InChI=1S/C8H9IS/c9-7-10-6-8-4-2-1-3-5-8/h1-5H,6-7H2. The van der Waals surface area contributed by atoms with Crippen LogP contribution in [0.5, 0.6) is 0 Å². The van der Waals surface area contributed by atoms with E-state index < -0.39 is 0 Å². The molecule has 0 N–H and O–H groups in total. The lowest BCUT2D eigenvalue weighted by atomic mass is 10.2. The Morgan fingerprint density at radius 1 is 1.20 bits per heavy atom. The molecule has 0 aliphatic heterocycles. The van der Waals surface area contributed by atoms with Crippen molar-refractivity contribution >= 4 is 34.4 Å². The largest absolute Gasteiger partial charge is 0.147 e. The molecule has 0 saturated carbocycles.